The average molecular weight is 393 g/mol. The molecular formula is C19H21ClN2O3S. The van der Waals surface area contributed by atoms with Gasteiger partial charge in [0.2, 0.25) is 0 Å². The highest BCUT2D eigenvalue weighted by Gasteiger charge is 2.28. The Morgan fingerprint density at radius 1 is 1.27 bits per heavy atom. The first-order chi connectivity index (χ1) is 12.7. The molecule has 1 amide bonds. The minimum absolute atomic E-state index is 0.00157. The molecule has 1 atom stereocenters. The van der Waals surface area contributed by atoms with E-state index in [1.807, 2.05) is 34.5 Å². The molecule has 0 spiro atoms. The van der Waals surface area contributed by atoms with E-state index < -0.39 is 0 Å². The number of amides is 1. The smallest absolute Gasteiger partial charge is 0.273 e. The maximum absolute atomic E-state index is 12.7. The van der Waals surface area contributed by atoms with E-state index in [9.17, 15) is 4.79 Å². The predicted octanol–water partition coefficient (Wildman–Crippen LogP) is 4.33. The highest BCUT2D eigenvalue weighted by Crippen LogP contribution is 2.31. The molecule has 0 aliphatic carbocycles. The molecule has 3 heterocycles. The average Bonchev–Trinajstić information content (AvgIpc) is 3.35. The van der Waals surface area contributed by atoms with Gasteiger partial charge in [-0.1, -0.05) is 23.7 Å². The summed E-state index contributed by atoms with van der Waals surface area (Å²) in [6, 6.07) is 7.49. The van der Waals surface area contributed by atoms with Crippen LogP contribution in [0, 0.1) is 0 Å². The molecule has 2 fully saturated rings. The topological polar surface area (TPSA) is 51.7 Å². The SMILES string of the molecule is O=C(c1csc(C2CCCO2)n1)N1CCC(Oc2ccccc2Cl)CC1. The van der Waals surface area contributed by atoms with Gasteiger partial charge in [-0.25, -0.2) is 4.98 Å². The van der Waals surface area contributed by atoms with Gasteiger partial charge in [0.15, 0.2) is 0 Å². The van der Waals surface area contributed by atoms with Crippen LogP contribution in [0.5, 0.6) is 5.75 Å². The molecule has 2 aliphatic heterocycles. The van der Waals surface area contributed by atoms with Crippen molar-refractivity contribution in [2.24, 2.45) is 0 Å². The summed E-state index contributed by atoms with van der Waals surface area (Å²) in [7, 11) is 0. The van der Waals surface area contributed by atoms with Crippen molar-refractivity contribution >= 4 is 28.8 Å². The first kappa shape index (κ1) is 17.8. The number of carbonyl (C=O) groups excluding carboxylic acids is 1. The van der Waals surface area contributed by atoms with Gasteiger partial charge in [0.25, 0.3) is 5.91 Å². The minimum Gasteiger partial charge on any atom is -0.489 e. The highest BCUT2D eigenvalue weighted by atomic mass is 35.5. The maximum atomic E-state index is 12.7. The van der Waals surface area contributed by atoms with E-state index in [2.05, 4.69) is 4.98 Å². The number of ether oxygens (including phenoxy) is 2. The number of aromatic nitrogens is 1. The summed E-state index contributed by atoms with van der Waals surface area (Å²) in [5.74, 6) is 0.710. The molecule has 1 aromatic heterocycles. The minimum atomic E-state index is 0.00157. The van der Waals surface area contributed by atoms with Gasteiger partial charge in [0.05, 0.1) is 5.02 Å². The molecule has 1 aromatic carbocycles. The molecule has 4 rings (SSSR count). The zero-order valence-corrected chi connectivity index (χ0v) is 16.0. The summed E-state index contributed by atoms with van der Waals surface area (Å²) in [6.45, 7) is 2.12. The summed E-state index contributed by atoms with van der Waals surface area (Å²) < 4.78 is 11.6. The Bertz CT molecular complexity index is 768. The summed E-state index contributed by atoms with van der Waals surface area (Å²) in [5, 5.41) is 3.39. The lowest BCUT2D eigenvalue weighted by atomic mass is 10.1. The van der Waals surface area contributed by atoms with Gasteiger partial charge in [0.1, 0.15) is 28.7 Å². The van der Waals surface area contributed by atoms with Crippen molar-refractivity contribution in [3.63, 3.8) is 0 Å². The second-order valence-electron chi connectivity index (χ2n) is 6.61. The number of hydrogen-bond donors (Lipinski definition) is 0. The van der Waals surface area contributed by atoms with Crippen molar-refractivity contribution in [1.82, 2.24) is 9.88 Å². The van der Waals surface area contributed by atoms with Crippen molar-refractivity contribution in [3.05, 3.63) is 45.4 Å². The number of nitrogens with zero attached hydrogens (tertiary/aromatic N) is 2. The van der Waals surface area contributed by atoms with E-state index in [0.717, 1.165) is 37.3 Å². The van der Waals surface area contributed by atoms with Gasteiger partial charge in [-0.15, -0.1) is 11.3 Å². The molecule has 2 aliphatic rings. The second-order valence-corrected chi connectivity index (χ2v) is 7.91. The molecule has 1 unspecified atom stereocenters. The van der Waals surface area contributed by atoms with Crippen LogP contribution < -0.4 is 4.74 Å². The monoisotopic (exact) mass is 392 g/mol. The zero-order chi connectivity index (χ0) is 17.9. The highest BCUT2D eigenvalue weighted by molar-refractivity contribution is 7.09. The first-order valence-electron chi connectivity index (χ1n) is 8.98. The zero-order valence-electron chi connectivity index (χ0n) is 14.4. The van der Waals surface area contributed by atoms with Gasteiger partial charge < -0.3 is 14.4 Å². The Kier molecular flexibility index (Phi) is 5.43. The molecule has 0 N–H and O–H groups in total. The number of rotatable bonds is 4. The van der Waals surface area contributed by atoms with Gasteiger partial charge in [-0.3, -0.25) is 4.79 Å². The number of para-hydroxylation sites is 1. The maximum Gasteiger partial charge on any atom is 0.273 e. The lowest BCUT2D eigenvalue weighted by molar-refractivity contribution is 0.0590. The molecule has 0 bridgehead atoms. The van der Waals surface area contributed by atoms with Crippen LogP contribution in [-0.2, 0) is 4.74 Å². The summed E-state index contributed by atoms with van der Waals surface area (Å²) in [5.41, 5.74) is 0.533. The van der Waals surface area contributed by atoms with Crippen LogP contribution in [-0.4, -0.2) is 41.6 Å². The van der Waals surface area contributed by atoms with Gasteiger partial charge in [-0.05, 0) is 25.0 Å². The Morgan fingerprint density at radius 3 is 2.81 bits per heavy atom. The van der Waals surface area contributed by atoms with Crippen LogP contribution >= 0.6 is 22.9 Å². The van der Waals surface area contributed by atoms with Crippen molar-refractivity contribution in [2.75, 3.05) is 19.7 Å². The quantitative estimate of drug-likeness (QED) is 0.777. The molecule has 2 aromatic rings. The third kappa shape index (κ3) is 3.87. The molecule has 7 heteroatoms. The van der Waals surface area contributed by atoms with E-state index in [1.54, 1.807) is 0 Å². The fourth-order valence-corrected chi connectivity index (χ4v) is 4.42. The Labute approximate surface area is 161 Å². The third-order valence-corrected chi connectivity index (χ3v) is 6.05. The Hall–Kier alpha value is -1.63. The standard InChI is InChI=1S/C19H21ClN2O3S/c20-14-4-1-2-5-16(14)25-13-7-9-22(10-8-13)19(23)15-12-26-18(21-15)17-6-3-11-24-17/h1-2,4-5,12-13,17H,3,6-11H2. The van der Waals surface area contributed by atoms with E-state index in [4.69, 9.17) is 21.1 Å². The van der Waals surface area contributed by atoms with Crippen LogP contribution in [0.2, 0.25) is 5.02 Å². The number of likely N-dealkylation sites (tertiary alicyclic amines) is 1. The van der Waals surface area contributed by atoms with E-state index in [-0.39, 0.29) is 18.1 Å². The summed E-state index contributed by atoms with van der Waals surface area (Å²) >= 11 is 7.67. The molecule has 0 radical (unpaired) electrons. The van der Waals surface area contributed by atoms with Crippen molar-refractivity contribution in [2.45, 2.75) is 37.9 Å². The number of halogens is 1. The van der Waals surface area contributed by atoms with Crippen molar-refractivity contribution in [1.29, 1.82) is 0 Å². The van der Waals surface area contributed by atoms with Crippen molar-refractivity contribution in [3.8, 4) is 5.75 Å². The fourth-order valence-electron chi connectivity index (χ4n) is 3.36. The van der Waals surface area contributed by atoms with E-state index >= 15 is 0 Å². The molecule has 0 saturated carbocycles. The normalized spacial score (nSPS) is 21.1. The van der Waals surface area contributed by atoms with Crippen LogP contribution in [0.4, 0.5) is 0 Å². The second kappa shape index (κ2) is 7.94. The number of piperidine rings is 1. The Balaban J connectivity index is 1.33. The summed E-state index contributed by atoms with van der Waals surface area (Å²) in [4.78, 5) is 19.1. The predicted molar refractivity (Wildman–Crippen MR) is 101 cm³/mol. The lowest BCUT2D eigenvalue weighted by Crippen LogP contribution is -2.42. The van der Waals surface area contributed by atoms with Crippen LogP contribution in [0.3, 0.4) is 0 Å². The molecule has 138 valence electrons. The first-order valence-corrected chi connectivity index (χ1v) is 10.2. The number of thiazole rings is 1. The third-order valence-electron chi connectivity index (χ3n) is 4.81. The largest absolute Gasteiger partial charge is 0.489 e. The number of hydrogen-bond acceptors (Lipinski definition) is 5. The molecule has 26 heavy (non-hydrogen) atoms. The lowest BCUT2D eigenvalue weighted by Gasteiger charge is -2.32. The van der Waals surface area contributed by atoms with Crippen molar-refractivity contribution < 1.29 is 14.3 Å². The molecule has 2 saturated heterocycles. The summed E-state index contributed by atoms with van der Waals surface area (Å²) in [6.07, 6.45) is 3.78. The van der Waals surface area contributed by atoms with E-state index in [1.165, 1.54) is 11.3 Å². The molecular weight excluding hydrogens is 372 g/mol. The van der Waals surface area contributed by atoms with Crippen LogP contribution in [0.1, 0.15) is 47.3 Å². The van der Waals surface area contributed by atoms with Gasteiger partial charge >= 0.3 is 0 Å². The Morgan fingerprint density at radius 2 is 2.08 bits per heavy atom. The van der Waals surface area contributed by atoms with E-state index in [0.29, 0.717) is 29.6 Å². The van der Waals surface area contributed by atoms with Gasteiger partial charge in [-0.2, -0.15) is 0 Å². The van der Waals surface area contributed by atoms with Crippen LogP contribution in [0.25, 0.3) is 0 Å². The van der Waals surface area contributed by atoms with Gasteiger partial charge in [0, 0.05) is 37.9 Å². The fraction of sp³-hybridized carbons (Fsp3) is 0.474. The number of benzene rings is 1. The number of carbonyl (C=O) groups is 1. The molecule has 5 nitrogen and oxygen atoms in total. The van der Waals surface area contributed by atoms with Crippen LogP contribution in [0.15, 0.2) is 29.6 Å².